The van der Waals surface area contributed by atoms with Crippen molar-refractivity contribution in [2.45, 2.75) is 19.4 Å². The summed E-state index contributed by atoms with van der Waals surface area (Å²) in [5, 5.41) is 11.5. The van der Waals surface area contributed by atoms with E-state index in [2.05, 4.69) is 10.3 Å². The lowest BCUT2D eigenvalue weighted by molar-refractivity contribution is -0.117. The number of carbonyl (C=O) groups is 1. The summed E-state index contributed by atoms with van der Waals surface area (Å²) in [7, 11) is 0. The van der Waals surface area contributed by atoms with Gasteiger partial charge >= 0.3 is 0 Å². The van der Waals surface area contributed by atoms with E-state index in [1.165, 1.54) is 24.4 Å². The minimum atomic E-state index is -0.450. The average Bonchev–Trinajstić information content (AvgIpc) is 2.33. The van der Waals surface area contributed by atoms with Gasteiger partial charge in [0.05, 0.1) is 18.8 Å². The highest BCUT2D eigenvalue weighted by Gasteiger charge is 2.05. The fraction of sp³-hybridized carbons (Fsp3) is 0.333. The Balaban J connectivity index is 2.56. The number of aromatic nitrogens is 1. The van der Waals surface area contributed by atoms with Crippen LogP contribution in [0.4, 0.5) is 4.39 Å². The first-order valence-electron chi connectivity index (χ1n) is 5.35. The molecule has 4 nitrogen and oxygen atoms in total. The van der Waals surface area contributed by atoms with Gasteiger partial charge in [-0.1, -0.05) is 6.92 Å². The summed E-state index contributed by atoms with van der Waals surface area (Å²) in [6, 6.07) is 1.03. The monoisotopic (exact) mass is 238 g/mol. The molecule has 0 spiro atoms. The van der Waals surface area contributed by atoms with E-state index in [4.69, 9.17) is 5.11 Å². The van der Waals surface area contributed by atoms with Crippen LogP contribution in [0.5, 0.6) is 0 Å². The van der Waals surface area contributed by atoms with E-state index in [1.807, 2.05) is 6.92 Å². The highest BCUT2D eigenvalue weighted by molar-refractivity contribution is 5.91. The summed E-state index contributed by atoms with van der Waals surface area (Å²) >= 11 is 0. The molecule has 1 atom stereocenters. The molecule has 1 aromatic heterocycles. The van der Waals surface area contributed by atoms with Crippen molar-refractivity contribution in [1.29, 1.82) is 0 Å². The first kappa shape index (κ1) is 13.3. The van der Waals surface area contributed by atoms with Crippen molar-refractivity contribution < 1.29 is 14.3 Å². The molecular weight excluding hydrogens is 223 g/mol. The second-order valence-corrected chi connectivity index (χ2v) is 3.57. The summed E-state index contributed by atoms with van der Waals surface area (Å²) in [6.07, 6.45) is 5.95. The van der Waals surface area contributed by atoms with Crippen LogP contribution in [-0.4, -0.2) is 28.6 Å². The Bertz CT molecular complexity index is 403. The lowest BCUT2D eigenvalue weighted by Gasteiger charge is -2.11. The molecule has 0 bridgehead atoms. The van der Waals surface area contributed by atoms with Crippen LogP contribution in [0.1, 0.15) is 18.9 Å². The normalized spacial score (nSPS) is 12.6. The van der Waals surface area contributed by atoms with Gasteiger partial charge in [-0.15, -0.1) is 0 Å². The third-order valence-electron chi connectivity index (χ3n) is 2.21. The maximum absolute atomic E-state index is 12.8. The summed E-state index contributed by atoms with van der Waals surface area (Å²) in [6.45, 7) is 1.76. The van der Waals surface area contributed by atoms with Gasteiger partial charge in [-0.05, 0) is 24.1 Å². The fourth-order valence-corrected chi connectivity index (χ4v) is 1.22. The van der Waals surface area contributed by atoms with Crippen LogP contribution >= 0.6 is 0 Å². The molecule has 5 heteroatoms. The lowest BCUT2D eigenvalue weighted by atomic mass is 10.2. The first-order chi connectivity index (χ1) is 8.15. The molecule has 17 heavy (non-hydrogen) atoms. The fourth-order valence-electron chi connectivity index (χ4n) is 1.22. The van der Waals surface area contributed by atoms with Gasteiger partial charge < -0.3 is 10.4 Å². The average molecular weight is 238 g/mol. The van der Waals surface area contributed by atoms with E-state index in [0.29, 0.717) is 12.0 Å². The molecule has 2 N–H and O–H groups in total. The number of rotatable bonds is 5. The number of nitrogens with zero attached hydrogens (tertiary/aromatic N) is 1. The van der Waals surface area contributed by atoms with Crippen LogP contribution in [0, 0.1) is 5.82 Å². The van der Waals surface area contributed by atoms with Gasteiger partial charge in [-0.2, -0.15) is 0 Å². The van der Waals surface area contributed by atoms with Crippen LogP contribution in [0.2, 0.25) is 0 Å². The number of aliphatic hydroxyl groups excluding tert-OH is 1. The number of amides is 1. The third-order valence-corrected chi connectivity index (χ3v) is 2.21. The second-order valence-electron chi connectivity index (χ2n) is 3.57. The number of hydrogen-bond acceptors (Lipinski definition) is 3. The van der Waals surface area contributed by atoms with Crippen molar-refractivity contribution in [3.8, 4) is 0 Å². The highest BCUT2D eigenvalue weighted by atomic mass is 19.1. The Morgan fingerprint density at radius 3 is 3.00 bits per heavy atom. The van der Waals surface area contributed by atoms with E-state index in [9.17, 15) is 9.18 Å². The summed E-state index contributed by atoms with van der Waals surface area (Å²) < 4.78 is 12.8. The van der Waals surface area contributed by atoms with Crippen molar-refractivity contribution >= 4 is 12.0 Å². The van der Waals surface area contributed by atoms with Crippen LogP contribution in [0.25, 0.3) is 6.08 Å². The maximum Gasteiger partial charge on any atom is 0.244 e. The van der Waals surface area contributed by atoms with Crippen LogP contribution in [-0.2, 0) is 4.79 Å². The molecule has 0 aromatic carbocycles. The zero-order valence-corrected chi connectivity index (χ0v) is 9.56. The number of carbonyl (C=O) groups excluding carboxylic acids is 1. The minimum Gasteiger partial charge on any atom is -0.394 e. The maximum atomic E-state index is 12.8. The number of hydrogen-bond donors (Lipinski definition) is 2. The van der Waals surface area contributed by atoms with Crippen molar-refractivity contribution in [2.24, 2.45) is 0 Å². The van der Waals surface area contributed by atoms with Gasteiger partial charge in [0.1, 0.15) is 5.82 Å². The molecule has 1 aromatic rings. The van der Waals surface area contributed by atoms with E-state index >= 15 is 0 Å². The van der Waals surface area contributed by atoms with Gasteiger partial charge in [-0.3, -0.25) is 9.78 Å². The molecule has 0 aliphatic heterocycles. The van der Waals surface area contributed by atoms with E-state index in [0.717, 1.165) is 6.20 Å². The summed E-state index contributed by atoms with van der Waals surface area (Å²) in [4.78, 5) is 15.1. The highest BCUT2D eigenvalue weighted by Crippen LogP contribution is 2.02. The van der Waals surface area contributed by atoms with Crippen molar-refractivity contribution in [3.63, 3.8) is 0 Å². The first-order valence-corrected chi connectivity index (χ1v) is 5.35. The summed E-state index contributed by atoms with van der Waals surface area (Å²) in [5.41, 5.74) is 0.511. The molecule has 92 valence electrons. The van der Waals surface area contributed by atoms with Gasteiger partial charge in [0.15, 0.2) is 0 Å². The standard InChI is InChI=1S/C12H15FN2O2/c1-2-11(8-16)15-12(17)4-3-9-5-10(13)7-14-6-9/h3-7,11,16H,2,8H2,1H3,(H,15,17)/b4-3+. The molecule has 0 saturated heterocycles. The largest absolute Gasteiger partial charge is 0.394 e. The molecule has 1 heterocycles. The molecular formula is C12H15FN2O2. The molecule has 1 rings (SSSR count). The minimum absolute atomic E-state index is 0.0996. The number of pyridine rings is 1. The molecule has 0 aliphatic carbocycles. The number of aliphatic hydroxyl groups is 1. The Kier molecular flexibility index (Phi) is 5.29. The van der Waals surface area contributed by atoms with Gasteiger partial charge in [-0.25, -0.2) is 4.39 Å². The molecule has 0 radical (unpaired) electrons. The third kappa shape index (κ3) is 4.74. The van der Waals surface area contributed by atoms with Crippen LogP contribution < -0.4 is 5.32 Å². The van der Waals surface area contributed by atoms with Crippen molar-refractivity contribution in [3.05, 3.63) is 35.9 Å². The van der Waals surface area contributed by atoms with E-state index in [-0.39, 0.29) is 18.6 Å². The molecule has 0 aliphatic rings. The molecule has 0 saturated carbocycles. The SMILES string of the molecule is CCC(CO)NC(=O)/C=C/c1cncc(F)c1. The molecule has 0 fully saturated rings. The zero-order chi connectivity index (χ0) is 12.7. The Morgan fingerprint density at radius 2 is 2.41 bits per heavy atom. The van der Waals surface area contributed by atoms with Gasteiger partial charge in [0.2, 0.25) is 5.91 Å². The molecule has 1 amide bonds. The Hall–Kier alpha value is -1.75. The quantitative estimate of drug-likeness (QED) is 0.756. The summed E-state index contributed by atoms with van der Waals surface area (Å²) in [5.74, 6) is -0.774. The number of nitrogens with one attached hydrogen (secondary N) is 1. The van der Waals surface area contributed by atoms with Gasteiger partial charge in [0.25, 0.3) is 0 Å². The van der Waals surface area contributed by atoms with Gasteiger partial charge in [0, 0.05) is 12.3 Å². The zero-order valence-electron chi connectivity index (χ0n) is 9.56. The Morgan fingerprint density at radius 1 is 1.65 bits per heavy atom. The van der Waals surface area contributed by atoms with Crippen LogP contribution in [0.3, 0.4) is 0 Å². The second kappa shape index (κ2) is 6.75. The lowest BCUT2D eigenvalue weighted by Crippen LogP contribution is -2.35. The van der Waals surface area contributed by atoms with E-state index in [1.54, 1.807) is 0 Å². The van der Waals surface area contributed by atoms with E-state index < -0.39 is 5.82 Å². The predicted molar refractivity (Wildman–Crippen MR) is 62.5 cm³/mol. The number of halogens is 1. The van der Waals surface area contributed by atoms with Crippen molar-refractivity contribution in [1.82, 2.24) is 10.3 Å². The predicted octanol–water partition coefficient (Wildman–Crippen LogP) is 1.12. The molecule has 1 unspecified atom stereocenters. The Labute approximate surface area is 99.2 Å². The smallest absolute Gasteiger partial charge is 0.244 e. The van der Waals surface area contributed by atoms with Crippen molar-refractivity contribution in [2.75, 3.05) is 6.61 Å². The topological polar surface area (TPSA) is 62.2 Å². The van der Waals surface area contributed by atoms with Crippen LogP contribution in [0.15, 0.2) is 24.5 Å².